The minimum Gasteiger partial charge on any atom is -0.379 e. The fourth-order valence-electron chi connectivity index (χ4n) is 4.36. The number of benzene rings is 1. The molecule has 6 nitrogen and oxygen atoms in total. The molecule has 1 aliphatic rings. The molecule has 0 saturated carbocycles. The molecule has 1 saturated heterocycles. The lowest BCUT2D eigenvalue weighted by atomic mass is 10.1. The van der Waals surface area contributed by atoms with E-state index in [2.05, 4.69) is 50.8 Å². The van der Waals surface area contributed by atoms with E-state index in [1.807, 2.05) is 37.6 Å². The van der Waals surface area contributed by atoms with E-state index in [1.165, 1.54) is 4.88 Å². The minimum absolute atomic E-state index is 0.0678. The number of pyridine rings is 2. The van der Waals surface area contributed by atoms with Crippen molar-refractivity contribution < 1.29 is 0 Å². The van der Waals surface area contributed by atoms with Crippen LogP contribution in [0.4, 0.5) is 5.69 Å². The van der Waals surface area contributed by atoms with Gasteiger partial charge in [-0.15, -0.1) is 11.3 Å². The van der Waals surface area contributed by atoms with Crippen molar-refractivity contribution >= 4 is 27.1 Å². The Morgan fingerprint density at radius 2 is 2.06 bits per heavy atom. The van der Waals surface area contributed by atoms with Crippen LogP contribution in [0, 0.1) is 0 Å². The third kappa shape index (κ3) is 5.00. The quantitative estimate of drug-likeness (QED) is 0.455. The number of nitrogens with one attached hydrogen (secondary N) is 2. The summed E-state index contributed by atoms with van der Waals surface area (Å²) in [6, 6.07) is 16.4. The number of aryl methyl sites for hydroxylation is 1. The molecule has 4 heterocycles. The zero-order chi connectivity index (χ0) is 22.6. The summed E-state index contributed by atoms with van der Waals surface area (Å²) in [5.41, 5.74) is 4.31. The number of nitrogens with zero attached hydrogens (tertiary/aromatic N) is 3. The predicted octanol–water partition coefficient (Wildman–Crippen LogP) is 4.07. The van der Waals surface area contributed by atoms with Crippen LogP contribution in [0.5, 0.6) is 0 Å². The van der Waals surface area contributed by atoms with Crippen LogP contribution in [0.2, 0.25) is 0 Å². The number of anilines is 1. The van der Waals surface area contributed by atoms with Crippen LogP contribution in [0.15, 0.2) is 65.7 Å². The third-order valence-corrected chi connectivity index (χ3v) is 7.24. The van der Waals surface area contributed by atoms with Gasteiger partial charge in [0.1, 0.15) is 0 Å². The lowest BCUT2D eigenvalue weighted by molar-refractivity contribution is 0.287. The van der Waals surface area contributed by atoms with Crippen molar-refractivity contribution in [3.63, 3.8) is 0 Å². The van der Waals surface area contributed by atoms with Crippen LogP contribution < -0.4 is 16.2 Å². The number of fused-ring (bicyclic) bond motifs is 1. The van der Waals surface area contributed by atoms with Crippen molar-refractivity contribution in [2.75, 3.05) is 31.5 Å². The van der Waals surface area contributed by atoms with Gasteiger partial charge in [0.05, 0.1) is 17.6 Å². The molecule has 0 amide bonds. The largest absolute Gasteiger partial charge is 0.379 e. The van der Waals surface area contributed by atoms with Gasteiger partial charge in [-0.05, 0) is 55.4 Å². The Hall–Kier alpha value is -3.00. The highest BCUT2D eigenvalue weighted by Crippen LogP contribution is 2.34. The Balaban J connectivity index is 1.45. The molecule has 1 aliphatic heterocycles. The fraction of sp³-hybridized carbons (Fsp3) is 0.308. The summed E-state index contributed by atoms with van der Waals surface area (Å²) in [7, 11) is 1.84. The second kappa shape index (κ2) is 9.87. The van der Waals surface area contributed by atoms with Crippen LogP contribution in [0.1, 0.15) is 17.0 Å². The van der Waals surface area contributed by atoms with Gasteiger partial charge in [-0.2, -0.15) is 0 Å². The first-order valence-corrected chi connectivity index (χ1v) is 12.3. The van der Waals surface area contributed by atoms with Crippen LogP contribution in [-0.2, 0) is 20.1 Å². The fourth-order valence-corrected chi connectivity index (χ4v) is 5.58. The molecular formula is C26H29N5OS. The van der Waals surface area contributed by atoms with E-state index in [0.717, 1.165) is 71.7 Å². The monoisotopic (exact) mass is 459 g/mol. The van der Waals surface area contributed by atoms with Gasteiger partial charge < -0.3 is 15.2 Å². The summed E-state index contributed by atoms with van der Waals surface area (Å²) in [6.45, 7) is 5.81. The summed E-state index contributed by atoms with van der Waals surface area (Å²) in [4.78, 5) is 21.0. The molecule has 0 unspecified atom stereocenters. The van der Waals surface area contributed by atoms with Gasteiger partial charge in [-0.3, -0.25) is 14.7 Å². The van der Waals surface area contributed by atoms with E-state index in [4.69, 9.17) is 0 Å². The summed E-state index contributed by atoms with van der Waals surface area (Å²) in [5, 5.41) is 7.75. The standard InChI is InChI=1S/C26H29N5OS/c1-30-18-24(19-6-4-8-20(14-19)29-16-21-7-2-3-10-28-21)25-23(26(30)32)15-22(33-25)17-31-12-5-9-27-11-13-31/h2-4,6-8,10,14-15,18,27,29H,5,9,11-13,16-17H2,1H3. The molecule has 0 atom stereocenters. The second-order valence-electron chi connectivity index (χ2n) is 8.55. The Kier molecular flexibility index (Phi) is 6.53. The van der Waals surface area contributed by atoms with E-state index in [0.29, 0.717) is 6.54 Å². The van der Waals surface area contributed by atoms with E-state index >= 15 is 0 Å². The molecule has 1 fully saturated rings. The van der Waals surface area contributed by atoms with Crippen LogP contribution in [0.3, 0.4) is 0 Å². The zero-order valence-corrected chi connectivity index (χ0v) is 19.7. The average Bonchev–Trinajstić information content (AvgIpc) is 3.09. The Morgan fingerprint density at radius 1 is 1.12 bits per heavy atom. The highest BCUT2D eigenvalue weighted by molar-refractivity contribution is 7.19. The SMILES string of the molecule is Cn1cc(-c2cccc(NCc3ccccn3)c2)c2sc(CN3CCCNCC3)cc2c1=O. The number of aromatic nitrogens is 2. The lowest BCUT2D eigenvalue weighted by Crippen LogP contribution is -2.27. The maximum absolute atomic E-state index is 12.9. The third-order valence-electron chi connectivity index (χ3n) is 6.09. The zero-order valence-electron chi connectivity index (χ0n) is 18.9. The molecule has 2 N–H and O–H groups in total. The van der Waals surface area contributed by atoms with Gasteiger partial charge in [-0.25, -0.2) is 0 Å². The molecule has 7 heteroatoms. The van der Waals surface area contributed by atoms with Gasteiger partial charge in [0.2, 0.25) is 0 Å². The molecule has 5 rings (SSSR count). The van der Waals surface area contributed by atoms with Crippen molar-refractivity contribution in [2.45, 2.75) is 19.5 Å². The first-order chi connectivity index (χ1) is 16.2. The van der Waals surface area contributed by atoms with Crippen molar-refractivity contribution in [3.8, 4) is 11.1 Å². The molecule has 3 aromatic heterocycles. The van der Waals surface area contributed by atoms with Crippen molar-refractivity contribution in [1.29, 1.82) is 0 Å². The summed E-state index contributed by atoms with van der Waals surface area (Å²) >= 11 is 1.75. The van der Waals surface area contributed by atoms with Crippen LogP contribution in [-0.4, -0.2) is 40.6 Å². The Labute approximate surface area is 197 Å². The second-order valence-corrected chi connectivity index (χ2v) is 9.69. The number of hydrogen-bond donors (Lipinski definition) is 2. The summed E-state index contributed by atoms with van der Waals surface area (Å²) in [5.74, 6) is 0. The molecule has 0 spiro atoms. The van der Waals surface area contributed by atoms with E-state index in [-0.39, 0.29) is 5.56 Å². The summed E-state index contributed by atoms with van der Waals surface area (Å²) < 4.78 is 2.78. The first kappa shape index (κ1) is 21.8. The van der Waals surface area contributed by atoms with Gasteiger partial charge in [0.15, 0.2) is 0 Å². The van der Waals surface area contributed by atoms with Gasteiger partial charge in [0.25, 0.3) is 5.56 Å². The maximum atomic E-state index is 12.9. The topological polar surface area (TPSA) is 62.2 Å². The van der Waals surface area contributed by atoms with Crippen LogP contribution >= 0.6 is 11.3 Å². The molecule has 170 valence electrons. The van der Waals surface area contributed by atoms with Crippen molar-refractivity contribution in [3.05, 3.63) is 81.8 Å². The molecule has 33 heavy (non-hydrogen) atoms. The molecule has 1 aromatic carbocycles. The molecular weight excluding hydrogens is 430 g/mol. The lowest BCUT2D eigenvalue weighted by Gasteiger charge is -2.17. The number of hydrogen-bond acceptors (Lipinski definition) is 6. The molecule has 0 bridgehead atoms. The predicted molar refractivity (Wildman–Crippen MR) is 137 cm³/mol. The molecule has 0 aliphatic carbocycles. The van der Waals surface area contributed by atoms with Gasteiger partial charge in [0, 0.05) is 59.9 Å². The number of rotatable bonds is 6. The highest BCUT2D eigenvalue weighted by Gasteiger charge is 2.16. The maximum Gasteiger partial charge on any atom is 0.259 e. The van der Waals surface area contributed by atoms with E-state index in [9.17, 15) is 4.79 Å². The normalized spacial score (nSPS) is 14.9. The van der Waals surface area contributed by atoms with Crippen molar-refractivity contribution in [1.82, 2.24) is 19.8 Å². The van der Waals surface area contributed by atoms with Gasteiger partial charge >= 0.3 is 0 Å². The molecule has 0 radical (unpaired) electrons. The van der Waals surface area contributed by atoms with E-state index in [1.54, 1.807) is 15.9 Å². The smallest absolute Gasteiger partial charge is 0.259 e. The van der Waals surface area contributed by atoms with E-state index < -0.39 is 0 Å². The Morgan fingerprint density at radius 3 is 2.94 bits per heavy atom. The first-order valence-electron chi connectivity index (χ1n) is 11.5. The highest BCUT2D eigenvalue weighted by atomic mass is 32.1. The Bertz CT molecular complexity index is 1290. The minimum atomic E-state index is 0.0678. The molecule has 4 aromatic rings. The average molecular weight is 460 g/mol. The van der Waals surface area contributed by atoms with Crippen LogP contribution in [0.25, 0.3) is 21.2 Å². The van der Waals surface area contributed by atoms with Gasteiger partial charge in [-0.1, -0.05) is 18.2 Å². The summed E-state index contributed by atoms with van der Waals surface area (Å²) in [6.07, 6.45) is 4.94. The number of thiophene rings is 1. The van der Waals surface area contributed by atoms with Crippen molar-refractivity contribution in [2.24, 2.45) is 7.05 Å².